The van der Waals surface area contributed by atoms with E-state index in [0.29, 0.717) is 205 Å². The number of hydrogen-bond acceptors (Lipinski definition) is 20. The number of aryl methyl sites for hydroxylation is 4. The molecule has 8 rings (SSSR count). The van der Waals surface area contributed by atoms with E-state index in [1.54, 1.807) is 0 Å². The van der Waals surface area contributed by atoms with Crippen LogP contribution in [0.15, 0.2) is 48.5 Å². The van der Waals surface area contributed by atoms with Crippen LogP contribution in [-0.4, -0.2) is 211 Å². The van der Waals surface area contributed by atoms with Crippen LogP contribution in [0.2, 0.25) is 0 Å². The lowest BCUT2D eigenvalue weighted by atomic mass is 9.92. The van der Waals surface area contributed by atoms with Crippen LogP contribution in [0.1, 0.15) is 22.3 Å². The molecule has 0 spiro atoms. The van der Waals surface area contributed by atoms with Gasteiger partial charge in [0.15, 0.2) is 46.0 Å². The second kappa shape index (κ2) is 34.4. The fourth-order valence-electron chi connectivity index (χ4n) is 10.1. The predicted octanol–water partition coefficient (Wildman–Crippen LogP) is 8.50. The van der Waals surface area contributed by atoms with Crippen molar-refractivity contribution in [3.05, 3.63) is 70.8 Å². The Morgan fingerprint density at radius 2 is 0.250 bits per heavy atom. The molecule has 0 radical (unpaired) electrons. The zero-order valence-corrected chi connectivity index (χ0v) is 49.4. The Morgan fingerprint density at radius 3 is 0.357 bits per heavy atom. The maximum absolute atomic E-state index is 6.43. The molecule has 0 unspecified atom stereocenters. The largest absolute Gasteiger partial charge is 0.487 e. The van der Waals surface area contributed by atoms with Crippen LogP contribution in [0.3, 0.4) is 0 Å². The molecule has 0 amide bonds. The Hall–Kier alpha value is -5.72. The Morgan fingerprint density at radius 1 is 0.155 bits per heavy atom. The first-order valence-electron chi connectivity index (χ1n) is 29.5. The van der Waals surface area contributed by atoms with Crippen LogP contribution < -0.4 is 37.9 Å². The molecule has 0 saturated heterocycles. The molecule has 6 aromatic carbocycles. The zero-order chi connectivity index (χ0) is 58.0. The summed E-state index contributed by atoms with van der Waals surface area (Å²) >= 11 is 0. The third-order valence-electron chi connectivity index (χ3n) is 14.4. The number of benzene rings is 6. The molecule has 0 aliphatic carbocycles. The lowest BCUT2D eigenvalue weighted by Crippen LogP contribution is -2.16. The fraction of sp³-hybridized carbons (Fsp3) is 0.562. The minimum Gasteiger partial charge on any atom is -0.487 e. The molecule has 0 bridgehead atoms. The Balaban J connectivity index is 1.02. The van der Waals surface area contributed by atoms with Gasteiger partial charge in [-0.15, -0.1) is 0 Å². The maximum atomic E-state index is 6.43. The van der Waals surface area contributed by atoms with Gasteiger partial charge in [-0.05, 0) is 142 Å². The van der Waals surface area contributed by atoms with Crippen LogP contribution in [0.25, 0.3) is 43.1 Å². The minimum atomic E-state index is 0.285. The van der Waals surface area contributed by atoms with E-state index >= 15 is 0 Å². The van der Waals surface area contributed by atoms with Crippen LogP contribution in [0.4, 0.5) is 0 Å². The van der Waals surface area contributed by atoms with E-state index in [-0.39, 0.29) is 52.9 Å². The average Bonchev–Trinajstić information content (AvgIpc) is 2.04. The van der Waals surface area contributed by atoms with E-state index in [4.69, 9.17) is 94.7 Å². The molecule has 0 saturated carbocycles. The second-order valence-corrected chi connectivity index (χ2v) is 20.0. The van der Waals surface area contributed by atoms with E-state index in [1.165, 1.54) is 0 Å². The van der Waals surface area contributed by atoms with Gasteiger partial charge in [0.1, 0.15) is 52.9 Å². The molecule has 2 aliphatic rings. The lowest BCUT2D eigenvalue weighted by molar-refractivity contribution is 0.00250. The van der Waals surface area contributed by atoms with Gasteiger partial charge < -0.3 is 94.7 Å². The topological polar surface area (TPSA) is 185 Å². The highest BCUT2D eigenvalue weighted by Crippen LogP contribution is 2.45. The van der Waals surface area contributed by atoms with E-state index in [9.17, 15) is 0 Å². The quantitative estimate of drug-likeness (QED) is 0.132. The van der Waals surface area contributed by atoms with Crippen LogP contribution in [-0.2, 0) is 56.8 Å². The van der Waals surface area contributed by atoms with Gasteiger partial charge in [-0.3, -0.25) is 0 Å². The van der Waals surface area contributed by atoms with Crippen molar-refractivity contribution in [1.82, 2.24) is 0 Å². The monoisotopic (exact) mass is 1170 g/mol. The first kappa shape index (κ1) is 62.8. The first-order valence-corrected chi connectivity index (χ1v) is 29.5. The van der Waals surface area contributed by atoms with E-state index in [1.807, 2.05) is 48.5 Å². The molecule has 20 heteroatoms. The van der Waals surface area contributed by atoms with Crippen LogP contribution in [0.5, 0.6) is 46.0 Å². The lowest BCUT2D eigenvalue weighted by Gasteiger charge is -2.20. The fourth-order valence-corrected chi connectivity index (χ4v) is 10.1. The first-order chi connectivity index (χ1) is 41.4. The van der Waals surface area contributed by atoms with Crippen molar-refractivity contribution >= 4 is 43.1 Å². The second-order valence-electron chi connectivity index (χ2n) is 20.0. The van der Waals surface area contributed by atoms with Crippen molar-refractivity contribution in [3.63, 3.8) is 0 Å². The Labute approximate surface area is 492 Å². The number of rotatable bonds is 0. The third-order valence-corrected chi connectivity index (χ3v) is 14.4. The molecule has 460 valence electrons. The zero-order valence-electron chi connectivity index (χ0n) is 49.4. The summed E-state index contributed by atoms with van der Waals surface area (Å²) in [7, 11) is 0. The molecule has 6 aromatic rings. The van der Waals surface area contributed by atoms with Crippen molar-refractivity contribution in [3.8, 4) is 46.0 Å². The summed E-state index contributed by atoms with van der Waals surface area (Å²) in [5.41, 5.74) is 4.15. The van der Waals surface area contributed by atoms with Gasteiger partial charge in [-0.1, -0.05) is 0 Å². The summed E-state index contributed by atoms with van der Waals surface area (Å²) in [6, 6.07) is 16.3. The van der Waals surface area contributed by atoms with Gasteiger partial charge in [0.25, 0.3) is 0 Å². The SMILES string of the molecule is Cc1c2cc3c4cc2c(C)c2cc5c(cc12)OCCOCCOCCOCCOc1cc2c(C)c6cc(c(cc6c(C)c2cc1OCCOCCOCCOCCO5)OCCOCCOCCOCCO4)OCCOCCOCCOCCO3. The number of fused-ring (bicyclic) bond motifs is 8. The Bertz CT molecular complexity index is 2400. The highest BCUT2D eigenvalue weighted by Gasteiger charge is 2.21. The number of hydrogen-bond donors (Lipinski definition) is 0. The Kier molecular flexibility index (Phi) is 25.7. The molecular formula is C64H84O20. The molecule has 2 heterocycles. The van der Waals surface area contributed by atoms with Crippen molar-refractivity contribution in [1.29, 1.82) is 0 Å². The van der Waals surface area contributed by atoms with Gasteiger partial charge in [0, 0.05) is 0 Å². The standard InChI is InChI=1S/C64H84O20/c1-45-49-37-57-59-39-51(49)46(2)52-40-60-58(38-50(45)52)78-30-22-70-14-6-66-10-18-74-26-34-82-62-42-54-47(3)53-41-61(81-33-25-73-17-9-65-5-13-69-21-29-77-57)63(83-35-27-75-19-11-67-7-15-71-23-31-79-59)43-55(53)48(4)56(54)44-64(62)84-36-28-76-20-12-68-8-16-72-24-32-80-60/h37-44H,5-36H2,1-4H3. The molecule has 2 aliphatic heterocycles. The molecule has 0 N–H and O–H groups in total. The average molecular weight is 1170 g/mol. The van der Waals surface area contributed by atoms with E-state index in [2.05, 4.69) is 27.7 Å². The van der Waals surface area contributed by atoms with Crippen molar-refractivity contribution < 1.29 is 94.7 Å². The summed E-state index contributed by atoms with van der Waals surface area (Å²) in [5.74, 6) is 4.70. The van der Waals surface area contributed by atoms with Gasteiger partial charge in [-0.25, -0.2) is 0 Å². The molecule has 0 atom stereocenters. The summed E-state index contributed by atoms with van der Waals surface area (Å²) < 4.78 is 122. The maximum Gasteiger partial charge on any atom is 0.161 e. The summed E-state index contributed by atoms with van der Waals surface area (Å²) in [6.07, 6.45) is 0. The molecule has 0 aromatic heterocycles. The van der Waals surface area contributed by atoms with Gasteiger partial charge in [0.05, 0.1) is 159 Å². The summed E-state index contributed by atoms with van der Waals surface area (Å²) in [4.78, 5) is 0. The van der Waals surface area contributed by atoms with Crippen LogP contribution >= 0.6 is 0 Å². The van der Waals surface area contributed by atoms with Gasteiger partial charge >= 0.3 is 0 Å². The normalized spacial score (nSPS) is 19.3. The highest BCUT2D eigenvalue weighted by molar-refractivity contribution is 6.08. The van der Waals surface area contributed by atoms with Crippen molar-refractivity contribution in [2.75, 3.05) is 211 Å². The molecule has 20 nitrogen and oxygen atoms in total. The molecule has 0 fully saturated rings. The van der Waals surface area contributed by atoms with Crippen LogP contribution in [0, 0.1) is 27.7 Å². The van der Waals surface area contributed by atoms with E-state index < -0.39 is 0 Å². The minimum absolute atomic E-state index is 0.285. The summed E-state index contributed by atoms with van der Waals surface area (Å²) in [5, 5.41) is 8.05. The smallest absolute Gasteiger partial charge is 0.161 e. The third kappa shape index (κ3) is 18.2. The van der Waals surface area contributed by atoms with Gasteiger partial charge in [-0.2, -0.15) is 0 Å². The number of ether oxygens (including phenoxy) is 20. The molecular weight excluding hydrogens is 1090 g/mol. The predicted molar refractivity (Wildman–Crippen MR) is 316 cm³/mol. The molecule has 84 heavy (non-hydrogen) atoms. The van der Waals surface area contributed by atoms with E-state index in [0.717, 1.165) is 65.3 Å². The highest BCUT2D eigenvalue weighted by atomic mass is 16.6. The van der Waals surface area contributed by atoms with Gasteiger partial charge in [0.2, 0.25) is 0 Å². The van der Waals surface area contributed by atoms with Crippen molar-refractivity contribution in [2.45, 2.75) is 27.7 Å². The summed E-state index contributed by atoms with van der Waals surface area (Å²) in [6.45, 7) is 19.6. The van der Waals surface area contributed by atoms with Crippen molar-refractivity contribution in [2.24, 2.45) is 0 Å².